The van der Waals surface area contributed by atoms with Gasteiger partial charge in [0.1, 0.15) is 42.2 Å². The highest BCUT2D eigenvalue weighted by molar-refractivity contribution is 5.96. The van der Waals surface area contributed by atoms with Gasteiger partial charge < -0.3 is 58.0 Å². The topological polar surface area (TPSA) is 181 Å². The standard InChI is InChI=1S/C35H56O14/c1-17-10-13-26(37)46-20(4)22(16-44-34-32(43-9)31(42-8)27(38)21(5)47-34)30-23(48-30)11-12-25(36)35(6,40)15-18(2)29(17)49-33-28(39)24(41-7)14-19(3)45-33/h10-13,17-24,27-34,38-40H,14-16H2,1-9H3/t17-,18-,19+,20+,21+,22+,23+,24-,27+,28+,29+,30-,31+,32+,33-,34+,35+/m0/s1. The average Bonchev–Trinajstić information content (AvgIpc) is 3.82. The Bertz CT molecular complexity index is 1160. The lowest BCUT2D eigenvalue weighted by molar-refractivity contribution is -0.305. The summed E-state index contributed by atoms with van der Waals surface area (Å²) in [6.45, 7) is 10.4. The van der Waals surface area contributed by atoms with Gasteiger partial charge in [0, 0.05) is 45.7 Å². The number of aliphatic hydroxyl groups excluding tert-OH is 2. The Labute approximate surface area is 288 Å². The van der Waals surface area contributed by atoms with Gasteiger partial charge in [0.05, 0.1) is 37.1 Å². The third-order valence-electron chi connectivity index (χ3n) is 10.1. The molecule has 0 aromatic heterocycles. The van der Waals surface area contributed by atoms with Crippen LogP contribution < -0.4 is 0 Å². The van der Waals surface area contributed by atoms with Crippen molar-refractivity contribution in [3.63, 3.8) is 0 Å². The Hall–Kier alpha value is -1.82. The Morgan fingerprint density at radius 3 is 2.18 bits per heavy atom. The maximum absolute atomic E-state index is 13.3. The third-order valence-corrected chi connectivity index (χ3v) is 10.1. The fourth-order valence-electron chi connectivity index (χ4n) is 7.12. The summed E-state index contributed by atoms with van der Waals surface area (Å²) in [4.78, 5) is 26.5. The van der Waals surface area contributed by atoms with Crippen LogP contribution in [-0.4, -0.2) is 140 Å². The zero-order valence-electron chi connectivity index (χ0n) is 30.0. The number of epoxide rings is 1. The van der Waals surface area contributed by atoms with Crippen molar-refractivity contribution in [2.24, 2.45) is 17.8 Å². The molecule has 49 heavy (non-hydrogen) atoms. The molecule has 14 nitrogen and oxygen atoms in total. The number of carbonyl (C=O) groups excluding carboxylic acids is 2. The smallest absolute Gasteiger partial charge is 0.330 e. The summed E-state index contributed by atoms with van der Waals surface area (Å²) in [5, 5.41) is 32.8. The van der Waals surface area contributed by atoms with E-state index in [2.05, 4.69) is 0 Å². The van der Waals surface area contributed by atoms with Crippen LogP contribution in [0.3, 0.4) is 0 Å². The van der Waals surface area contributed by atoms with Crippen LogP contribution in [0.5, 0.6) is 0 Å². The molecule has 0 saturated carbocycles. The van der Waals surface area contributed by atoms with E-state index < -0.39 is 109 Å². The first-order valence-electron chi connectivity index (χ1n) is 17.1. The van der Waals surface area contributed by atoms with Crippen molar-refractivity contribution in [3.05, 3.63) is 24.3 Å². The summed E-state index contributed by atoms with van der Waals surface area (Å²) in [7, 11) is 4.46. The van der Waals surface area contributed by atoms with E-state index >= 15 is 0 Å². The molecule has 4 aliphatic rings. The molecule has 0 radical (unpaired) electrons. The largest absolute Gasteiger partial charge is 0.459 e. The molecule has 0 unspecified atom stereocenters. The monoisotopic (exact) mass is 700 g/mol. The van der Waals surface area contributed by atoms with Crippen molar-refractivity contribution in [2.75, 3.05) is 27.9 Å². The van der Waals surface area contributed by atoms with Crippen molar-refractivity contribution in [2.45, 2.75) is 140 Å². The Morgan fingerprint density at radius 1 is 0.837 bits per heavy atom. The molecule has 280 valence electrons. The second-order valence-corrected chi connectivity index (χ2v) is 14.1. The van der Waals surface area contributed by atoms with Crippen molar-refractivity contribution >= 4 is 11.8 Å². The number of ketones is 1. The Balaban J connectivity index is 1.56. The molecule has 4 rings (SSSR count). The van der Waals surface area contributed by atoms with E-state index in [4.69, 9.17) is 42.6 Å². The van der Waals surface area contributed by atoms with Crippen LogP contribution in [0, 0.1) is 17.8 Å². The molecule has 0 amide bonds. The van der Waals surface area contributed by atoms with E-state index in [0.717, 1.165) is 0 Å². The van der Waals surface area contributed by atoms with E-state index in [1.165, 1.54) is 40.4 Å². The highest BCUT2D eigenvalue weighted by Gasteiger charge is 2.50. The van der Waals surface area contributed by atoms with Gasteiger partial charge in [-0.1, -0.05) is 19.9 Å². The van der Waals surface area contributed by atoms with Gasteiger partial charge in [0.25, 0.3) is 0 Å². The number of esters is 1. The first-order valence-corrected chi connectivity index (χ1v) is 17.1. The zero-order valence-corrected chi connectivity index (χ0v) is 30.0. The molecule has 3 fully saturated rings. The lowest BCUT2D eigenvalue weighted by Gasteiger charge is -2.42. The van der Waals surface area contributed by atoms with Gasteiger partial charge in [0.2, 0.25) is 0 Å². The van der Waals surface area contributed by atoms with E-state index in [9.17, 15) is 24.9 Å². The molecule has 4 heterocycles. The zero-order chi connectivity index (χ0) is 36.2. The first-order chi connectivity index (χ1) is 23.1. The maximum atomic E-state index is 13.3. The summed E-state index contributed by atoms with van der Waals surface area (Å²) in [5.74, 6) is -2.45. The molecule has 3 N–H and O–H groups in total. The molecule has 0 bridgehead atoms. The van der Waals surface area contributed by atoms with Gasteiger partial charge in [-0.05, 0) is 52.2 Å². The summed E-state index contributed by atoms with van der Waals surface area (Å²) >= 11 is 0. The number of aliphatic hydroxyl groups is 3. The molecule has 0 aromatic rings. The van der Waals surface area contributed by atoms with Crippen LogP contribution in [0.1, 0.15) is 54.4 Å². The van der Waals surface area contributed by atoms with Gasteiger partial charge in [-0.2, -0.15) is 0 Å². The normalized spacial score (nSPS) is 47.0. The van der Waals surface area contributed by atoms with Crippen LogP contribution in [0.4, 0.5) is 0 Å². The summed E-state index contributed by atoms with van der Waals surface area (Å²) < 4.78 is 52.6. The molecule has 0 spiro atoms. The van der Waals surface area contributed by atoms with Crippen molar-refractivity contribution < 1.29 is 67.5 Å². The minimum atomic E-state index is -1.75. The predicted molar refractivity (Wildman–Crippen MR) is 173 cm³/mol. The average molecular weight is 701 g/mol. The number of ether oxygens (including phenoxy) is 9. The Morgan fingerprint density at radius 2 is 1.53 bits per heavy atom. The van der Waals surface area contributed by atoms with Gasteiger partial charge in [-0.25, -0.2) is 4.79 Å². The van der Waals surface area contributed by atoms with Gasteiger partial charge in [-0.3, -0.25) is 4.79 Å². The first kappa shape index (κ1) is 40.0. The molecule has 0 aromatic carbocycles. The molecule has 17 atom stereocenters. The van der Waals surface area contributed by atoms with Crippen molar-refractivity contribution in [1.82, 2.24) is 0 Å². The SMILES string of the molecule is CO[C@@H]1[C@H](O)[C@@H](C)O[C@@H](OC[C@H]2[C@@H]3O[C@@H]3C=CC(=O)[C@](C)(O)C[C@H](C)[C@H](O[C@@H]3O[C@H](C)C[C@H](OC)[C@H]3O)[C@@H](C)C=CC(=O)O[C@@H]2C)[C@@H]1OC. The maximum Gasteiger partial charge on any atom is 0.330 e. The molecular weight excluding hydrogens is 644 g/mol. The minimum Gasteiger partial charge on any atom is -0.459 e. The summed E-state index contributed by atoms with van der Waals surface area (Å²) in [6, 6.07) is 0. The van der Waals surface area contributed by atoms with Gasteiger partial charge >= 0.3 is 5.97 Å². The fourth-order valence-corrected chi connectivity index (χ4v) is 7.12. The second-order valence-electron chi connectivity index (χ2n) is 14.1. The van der Waals surface area contributed by atoms with E-state index in [0.29, 0.717) is 6.42 Å². The van der Waals surface area contributed by atoms with Crippen LogP contribution in [0.25, 0.3) is 0 Å². The molecule has 3 saturated heterocycles. The number of cyclic esters (lactones) is 1. The van der Waals surface area contributed by atoms with Gasteiger partial charge in [0.15, 0.2) is 18.4 Å². The van der Waals surface area contributed by atoms with Crippen LogP contribution in [0.15, 0.2) is 24.3 Å². The van der Waals surface area contributed by atoms with Gasteiger partial charge in [-0.15, -0.1) is 0 Å². The number of carbonyl (C=O) groups is 2. The molecule has 4 aliphatic heterocycles. The quantitative estimate of drug-likeness (QED) is 0.245. The number of rotatable bonds is 8. The third kappa shape index (κ3) is 9.74. The van der Waals surface area contributed by atoms with Crippen molar-refractivity contribution in [1.29, 1.82) is 0 Å². The van der Waals surface area contributed by atoms with Crippen LogP contribution in [-0.2, 0) is 52.2 Å². The summed E-state index contributed by atoms with van der Waals surface area (Å²) in [5.41, 5.74) is -1.75. The van der Waals surface area contributed by atoms with E-state index in [1.54, 1.807) is 26.0 Å². The van der Waals surface area contributed by atoms with E-state index in [-0.39, 0.29) is 19.1 Å². The molecule has 0 aliphatic carbocycles. The summed E-state index contributed by atoms with van der Waals surface area (Å²) in [6.07, 6.45) is -2.67. The lowest BCUT2D eigenvalue weighted by atomic mass is 9.82. The lowest BCUT2D eigenvalue weighted by Crippen LogP contribution is -2.59. The number of hydrogen-bond donors (Lipinski definition) is 3. The highest BCUT2D eigenvalue weighted by Crippen LogP contribution is 2.37. The minimum absolute atomic E-state index is 0.0234. The number of methoxy groups -OCH3 is 3. The fraction of sp³-hybridized carbons (Fsp3) is 0.829. The molecular formula is C35H56O14. The molecule has 14 heteroatoms. The Kier molecular flexibility index (Phi) is 14.0. The number of fused-ring (bicyclic) bond motifs is 1. The van der Waals surface area contributed by atoms with Crippen LogP contribution in [0.2, 0.25) is 0 Å². The second kappa shape index (κ2) is 17.1. The van der Waals surface area contributed by atoms with Crippen LogP contribution >= 0.6 is 0 Å². The highest BCUT2D eigenvalue weighted by atomic mass is 16.7. The number of hydrogen-bond acceptors (Lipinski definition) is 14. The predicted octanol–water partition coefficient (Wildman–Crippen LogP) is 1.46. The van der Waals surface area contributed by atoms with Crippen molar-refractivity contribution in [3.8, 4) is 0 Å². The van der Waals surface area contributed by atoms with E-state index in [1.807, 2.05) is 20.8 Å².